The zero-order valence-electron chi connectivity index (χ0n) is 16.2. The average molecular weight is 375 g/mol. The predicted octanol–water partition coefficient (Wildman–Crippen LogP) is 5.37. The Morgan fingerprint density at radius 1 is 0.929 bits per heavy atom. The molecule has 0 aliphatic heterocycles. The molecule has 1 atom stereocenters. The average Bonchev–Trinajstić information content (AvgIpc) is 2.73. The molecular weight excluding hydrogens is 350 g/mol. The molecule has 4 heteroatoms. The summed E-state index contributed by atoms with van der Waals surface area (Å²) in [6.07, 6.45) is 0.0356. The minimum Gasteiger partial charge on any atom is -0.489 e. The van der Waals surface area contributed by atoms with Gasteiger partial charge >= 0.3 is 0 Å². The van der Waals surface area contributed by atoms with Crippen molar-refractivity contribution in [3.8, 4) is 11.5 Å². The molecule has 0 fully saturated rings. The first-order valence-corrected chi connectivity index (χ1v) is 9.45. The maximum absolute atomic E-state index is 12.6. The Hall–Kier alpha value is -3.27. The predicted molar refractivity (Wildman–Crippen MR) is 112 cm³/mol. The van der Waals surface area contributed by atoms with E-state index in [2.05, 4.69) is 5.32 Å². The van der Waals surface area contributed by atoms with E-state index in [1.165, 1.54) is 0 Å². The normalized spacial score (nSPS) is 11.5. The van der Waals surface area contributed by atoms with Crippen molar-refractivity contribution < 1.29 is 14.3 Å². The van der Waals surface area contributed by atoms with Gasteiger partial charge in [-0.15, -0.1) is 0 Å². The number of nitrogens with one attached hydrogen (secondary N) is 1. The molecule has 0 aliphatic carbocycles. The van der Waals surface area contributed by atoms with Crippen LogP contribution in [0.1, 0.15) is 24.5 Å². The van der Waals surface area contributed by atoms with E-state index in [0.29, 0.717) is 18.7 Å². The molecule has 3 aromatic carbocycles. The molecule has 0 aliphatic rings. The van der Waals surface area contributed by atoms with Crippen LogP contribution >= 0.6 is 0 Å². The van der Waals surface area contributed by atoms with Gasteiger partial charge in [0.05, 0.1) is 0 Å². The van der Waals surface area contributed by atoms with Crippen molar-refractivity contribution in [3.63, 3.8) is 0 Å². The maximum Gasteiger partial charge on any atom is 0.265 e. The minimum atomic E-state index is -0.546. The highest BCUT2D eigenvalue weighted by Gasteiger charge is 2.19. The Morgan fingerprint density at radius 2 is 1.61 bits per heavy atom. The van der Waals surface area contributed by atoms with E-state index in [1.807, 2.05) is 92.7 Å². The van der Waals surface area contributed by atoms with E-state index in [4.69, 9.17) is 9.47 Å². The molecule has 1 unspecified atom stereocenters. The molecule has 0 heterocycles. The summed E-state index contributed by atoms with van der Waals surface area (Å²) >= 11 is 0. The summed E-state index contributed by atoms with van der Waals surface area (Å²) in [4.78, 5) is 12.6. The third kappa shape index (κ3) is 5.36. The third-order valence-electron chi connectivity index (χ3n) is 4.40. The SMILES string of the molecule is CCC(Oc1ccccc1C)C(=O)Nc1ccc(OCc2ccccc2)cc1. The van der Waals surface area contributed by atoms with Gasteiger partial charge in [0.15, 0.2) is 6.10 Å². The van der Waals surface area contributed by atoms with Crippen molar-refractivity contribution in [2.24, 2.45) is 0 Å². The number of hydrogen-bond acceptors (Lipinski definition) is 3. The second-order valence-electron chi connectivity index (χ2n) is 6.57. The highest BCUT2D eigenvalue weighted by molar-refractivity contribution is 5.94. The Labute approximate surface area is 166 Å². The van der Waals surface area contributed by atoms with Crippen LogP contribution in [0, 0.1) is 6.92 Å². The lowest BCUT2D eigenvalue weighted by atomic mass is 10.2. The number of benzene rings is 3. The first kappa shape index (κ1) is 19.5. The third-order valence-corrected chi connectivity index (χ3v) is 4.40. The molecule has 0 spiro atoms. The number of amides is 1. The van der Waals surface area contributed by atoms with Gasteiger partial charge in [-0.2, -0.15) is 0 Å². The molecule has 3 aromatic rings. The summed E-state index contributed by atoms with van der Waals surface area (Å²) in [7, 11) is 0. The summed E-state index contributed by atoms with van der Waals surface area (Å²) < 4.78 is 11.7. The van der Waals surface area contributed by atoms with Crippen LogP contribution in [0.2, 0.25) is 0 Å². The number of anilines is 1. The van der Waals surface area contributed by atoms with Crippen molar-refractivity contribution in [2.45, 2.75) is 33.0 Å². The first-order chi connectivity index (χ1) is 13.7. The molecule has 144 valence electrons. The molecule has 0 saturated heterocycles. The summed E-state index contributed by atoms with van der Waals surface area (Å²) in [5.74, 6) is 1.32. The number of carbonyl (C=O) groups is 1. The number of aryl methyl sites for hydroxylation is 1. The van der Waals surface area contributed by atoms with E-state index >= 15 is 0 Å². The van der Waals surface area contributed by atoms with Crippen molar-refractivity contribution in [1.82, 2.24) is 0 Å². The Balaban J connectivity index is 1.56. The van der Waals surface area contributed by atoms with Gasteiger partial charge in [0.1, 0.15) is 18.1 Å². The van der Waals surface area contributed by atoms with Crippen molar-refractivity contribution in [2.75, 3.05) is 5.32 Å². The van der Waals surface area contributed by atoms with Crippen LogP contribution in [0.3, 0.4) is 0 Å². The fraction of sp³-hybridized carbons (Fsp3) is 0.208. The van der Waals surface area contributed by atoms with Gasteiger partial charge in [0.2, 0.25) is 0 Å². The number of ether oxygens (including phenoxy) is 2. The molecule has 0 saturated carbocycles. The first-order valence-electron chi connectivity index (χ1n) is 9.45. The van der Waals surface area contributed by atoms with Crippen LogP contribution in [0.15, 0.2) is 78.9 Å². The van der Waals surface area contributed by atoms with Crippen LogP contribution in [0.5, 0.6) is 11.5 Å². The molecule has 0 aromatic heterocycles. The number of para-hydroxylation sites is 1. The van der Waals surface area contributed by atoms with E-state index in [0.717, 1.165) is 22.6 Å². The van der Waals surface area contributed by atoms with E-state index < -0.39 is 6.10 Å². The molecular formula is C24H25NO3. The summed E-state index contributed by atoms with van der Waals surface area (Å²) in [6, 6.07) is 25.1. The molecule has 4 nitrogen and oxygen atoms in total. The van der Waals surface area contributed by atoms with E-state index in [1.54, 1.807) is 0 Å². The van der Waals surface area contributed by atoms with E-state index in [9.17, 15) is 4.79 Å². The summed E-state index contributed by atoms with van der Waals surface area (Å²) in [6.45, 7) is 4.41. The Kier molecular flexibility index (Phi) is 6.68. The van der Waals surface area contributed by atoms with Gasteiger partial charge < -0.3 is 14.8 Å². The number of rotatable bonds is 8. The lowest BCUT2D eigenvalue weighted by molar-refractivity contribution is -0.122. The highest BCUT2D eigenvalue weighted by Crippen LogP contribution is 2.21. The van der Waals surface area contributed by atoms with Gasteiger partial charge in [0.25, 0.3) is 5.91 Å². The molecule has 1 N–H and O–H groups in total. The van der Waals surface area contributed by atoms with Gasteiger partial charge in [-0.3, -0.25) is 4.79 Å². The molecule has 3 rings (SSSR count). The van der Waals surface area contributed by atoms with Crippen LogP contribution in [-0.4, -0.2) is 12.0 Å². The fourth-order valence-electron chi connectivity index (χ4n) is 2.76. The lowest BCUT2D eigenvalue weighted by Gasteiger charge is -2.18. The van der Waals surface area contributed by atoms with E-state index in [-0.39, 0.29) is 5.91 Å². The van der Waals surface area contributed by atoms with Crippen molar-refractivity contribution in [1.29, 1.82) is 0 Å². The van der Waals surface area contributed by atoms with Crippen LogP contribution in [-0.2, 0) is 11.4 Å². The topological polar surface area (TPSA) is 47.6 Å². The zero-order chi connectivity index (χ0) is 19.8. The quantitative estimate of drug-likeness (QED) is 0.576. The van der Waals surface area contributed by atoms with Gasteiger partial charge in [-0.1, -0.05) is 55.5 Å². The Bertz CT molecular complexity index is 891. The molecule has 0 radical (unpaired) electrons. The molecule has 28 heavy (non-hydrogen) atoms. The fourth-order valence-corrected chi connectivity index (χ4v) is 2.76. The van der Waals surface area contributed by atoms with Gasteiger partial charge in [-0.05, 0) is 54.8 Å². The second kappa shape index (κ2) is 9.60. The van der Waals surface area contributed by atoms with Crippen molar-refractivity contribution >= 4 is 11.6 Å². The number of carbonyl (C=O) groups excluding carboxylic acids is 1. The standard InChI is InChI=1S/C24H25NO3/c1-3-22(28-23-12-8-7-9-18(23)2)24(26)25-20-13-15-21(16-14-20)27-17-19-10-5-4-6-11-19/h4-16,22H,3,17H2,1-2H3,(H,25,26). The molecule has 1 amide bonds. The Morgan fingerprint density at radius 3 is 2.29 bits per heavy atom. The van der Waals surface area contributed by atoms with Gasteiger partial charge in [0, 0.05) is 5.69 Å². The molecule has 0 bridgehead atoms. The number of hydrogen-bond donors (Lipinski definition) is 1. The zero-order valence-corrected chi connectivity index (χ0v) is 16.2. The second-order valence-corrected chi connectivity index (χ2v) is 6.57. The summed E-state index contributed by atoms with van der Waals surface area (Å²) in [5, 5.41) is 2.91. The summed E-state index contributed by atoms with van der Waals surface area (Å²) in [5.41, 5.74) is 2.83. The van der Waals surface area contributed by atoms with Gasteiger partial charge in [-0.25, -0.2) is 0 Å². The maximum atomic E-state index is 12.6. The largest absolute Gasteiger partial charge is 0.489 e. The smallest absolute Gasteiger partial charge is 0.265 e. The van der Waals surface area contributed by atoms with Crippen LogP contribution in [0.4, 0.5) is 5.69 Å². The van der Waals surface area contributed by atoms with Crippen LogP contribution < -0.4 is 14.8 Å². The monoisotopic (exact) mass is 375 g/mol. The lowest BCUT2D eigenvalue weighted by Crippen LogP contribution is -2.32. The van der Waals surface area contributed by atoms with Crippen molar-refractivity contribution in [3.05, 3.63) is 90.0 Å². The van der Waals surface area contributed by atoms with Crippen LogP contribution in [0.25, 0.3) is 0 Å². The highest BCUT2D eigenvalue weighted by atomic mass is 16.5. The minimum absolute atomic E-state index is 0.163.